The third kappa shape index (κ3) is 2.48. The Morgan fingerprint density at radius 1 is 1.23 bits per heavy atom. The standard InChI is InChI=1S/C10H10O3/c11-5-1-2-8-3-4-10(13)9(6-8)7-12/h3-4,6,11-13H,5,7H2. The van der Waals surface area contributed by atoms with E-state index in [0.717, 1.165) is 0 Å². The van der Waals surface area contributed by atoms with Gasteiger partial charge in [-0.05, 0) is 18.2 Å². The van der Waals surface area contributed by atoms with E-state index in [2.05, 4.69) is 11.8 Å². The molecule has 0 bridgehead atoms. The maximum Gasteiger partial charge on any atom is 0.121 e. The maximum atomic E-state index is 9.20. The highest BCUT2D eigenvalue weighted by Gasteiger charge is 1.98. The zero-order chi connectivity index (χ0) is 9.68. The monoisotopic (exact) mass is 178 g/mol. The van der Waals surface area contributed by atoms with Crippen LogP contribution in [0.3, 0.4) is 0 Å². The summed E-state index contributed by atoms with van der Waals surface area (Å²) in [5.74, 6) is 5.20. The Bertz CT molecular complexity index is 347. The second-order valence-electron chi connectivity index (χ2n) is 2.46. The Balaban J connectivity index is 2.99. The van der Waals surface area contributed by atoms with Crippen molar-refractivity contribution in [3.63, 3.8) is 0 Å². The number of rotatable bonds is 1. The van der Waals surface area contributed by atoms with E-state index in [0.29, 0.717) is 11.1 Å². The normalized spacial score (nSPS) is 9.08. The summed E-state index contributed by atoms with van der Waals surface area (Å²) >= 11 is 0. The Morgan fingerprint density at radius 3 is 2.62 bits per heavy atom. The lowest BCUT2D eigenvalue weighted by Gasteiger charge is -2.00. The van der Waals surface area contributed by atoms with Crippen LogP contribution in [0.4, 0.5) is 0 Å². The molecular formula is C10H10O3. The van der Waals surface area contributed by atoms with Gasteiger partial charge >= 0.3 is 0 Å². The second kappa shape index (κ2) is 4.51. The molecule has 1 aromatic rings. The molecule has 0 aliphatic carbocycles. The van der Waals surface area contributed by atoms with Gasteiger partial charge in [-0.25, -0.2) is 0 Å². The Kier molecular flexibility index (Phi) is 3.32. The molecule has 0 aromatic heterocycles. The topological polar surface area (TPSA) is 60.7 Å². The lowest BCUT2D eigenvalue weighted by atomic mass is 10.1. The summed E-state index contributed by atoms with van der Waals surface area (Å²) in [6.45, 7) is -0.421. The number of aliphatic hydroxyl groups is 2. The average molecular weight is 178 g/mol. The van der Waals surface area contributed by atoms with Gasteiger partial charge in [0.25, 0.3) is 0 Å². The van der Waals surface area contributed by atoms with Crippen molar-refractivity contribution < 1.29 is 15.3 Å². The highest BCUT2D eigenvalue weighted by molar-refractivity contribution is 5.43. The number of benzene rings is 1. The predicted molar refractivity (Wildman–Crippen MR) is 48.0 cm³/mol. The van der Waals surface area contributed by atoms with Gasteiger partial charge < -0.3 is 15.3 Å². The van der Waals surface area contributed by atoms with E-state index in [1.807, 2.05) is 0 Å². The van der Waals surface area contributed by atoms with Crippen molar-refractivity contribution in [2.24, 2.45) is 0 Å². The first-order chi connectivity index (χ1) is 6.27. The fourth-order valence-corrected chi connectivity index (χ4v) is 0.931. The van der Waals surface area contributed by atoms with Gasteiger partial charge in [-0.2, -0.15) is 0 Å². The van der Waals surface area contributed by atoms with E-state index in [1.54, 1.807) is 12.1 Å². The molecule has 3 nitrogen and oxygen atoms in total. The van der Waals surface area contributed by atoms with Crippen LogP contribution in [-0.2, 0) is 6.61 Å². The Hall–Kier alpha value is -1.50. The van der Waals surface area contributed by atoms with Crippen molar-refractivity contribution >= 4 is 0 Å². The summed E-state index contributed by atoms with van der Waals surface area (Å²) in [4.78, 5) is 0. The van der Waals surface area contributed by atoms with Gasteiger partial charge in [0.15, 0.2) is 0 Å². The molecule has 0 atom stereocenters. The molecule has 3 heteroatoms. The summed E-state index contributed by atoms with van der Waals surface area (Å²) in [5.41, 5.74) is 1.10. The molecule has 3 N–H and O–H groups in total. The highest BCUT2D eigenvalue weighted by atomic mass is 16.3. The van der Waals surface area contributed by atoms with Crippen molar-refractivity contribution in [1.82, 2.24) is 0 Å². The van der Waals surface area contributed by atoms with Crippen molar-refractivity contribution in [1.29, 1.82) is 0 Å². The summed E-state index contributed by atoms with van der Waals surface area (Å²) in [7, 11) is 0. The predicted octanol–water partition coefficient (Wildman–Crippen LogP) is 0.228. The van der Waals surface area contributed by atoms with E-state index in [1.165, 1.54) is 6.07 Å². The van der Waals surface area contributed by atoms with E-state index in [4.69, 9.17) is 10.2 Å². The number of hydrogen-bond donors (Lipinski definition) is 3. The maximum absolute atomic E-state index is 9.20. The first kappa shape index (κ1) is 9.59. The summed E-state index contributed by atoms with van der Waals surface area (Å²) in [6.07, 6.45) is 0. The van der Waals surface area contributed by atoms with Gasteiger partial charge in [-0.3, -0.25) is 0 Å². The fraction of sp³-hybridized carbons (Fsp3) is 0.200. The molecule has 0 saturated carbocycles. The molecule has 0 aliphatic rings. The first-order valence-corrected chi connectivity index (χ1v) is 3.80. The quantitative estimate of drug-likeness (QED) is 0.539. The van der Waals surface area contributed by atoms with Crippen LogP contribution in [-0.4, -0.2) is 21.9 Å². The minimum Gasteiger partial charge on any atom is -0.508 e. The third-order valence-corrected chi connectivity index (χ3v) is 1.56. The zero-order valence-corrected chi connectivity index (χ0v) is 6.99. The molecular weight excluding hydrogens is 168 g/mol. The van der Waals surface area contributed by atoms with E-state index < -0.39 is 0 Å². The van der Waals surface area contributed by atoms with Crippen molar-refractivity contribution in [2.75, 3.05) is 6.61 Å². The minimum absolute atomic E-state index is 0.0528. The van der Waals surface area contributed by atoms with E-state index in [9.17, 15) is 5.11 Å². The molecule has 0 fully saturated rings. The lowest BCUT2D eigenvalue weighted by Crippen LogP contribution is -1.86. The number of phenols is 1. The van der Waals surface area contributed by atoms with Gasteiger partial charge in [-0.15, -0.1) is 0 Å². The summed E-state index contributed by atoms with van der Waals surface area (Å²) in [5, 5.41) is 26.4. The molecule has 1 aromatic carbocycles. The van der Waals surface area contributed by atoms with Crippen molar-refractivity contribution in [2.45, 2.75) is 6.61 Å². The van der Waals surface area contributed by atoms with E-state index in [-0.39, 0.29) is 19.0 Å². The summed E-state index contributed by atoms with van der Waals surface area (Å²) < 4.78 is 0. The Labute approximate surface area is 76.3 Å². The molecule has 0 radical (unpaired) electrons. The third-order valence-electron chi connectivity index (χ3n) is 1.56. The van der Waals surface area contributed by atoms with Crippen LogP contribution in [0.2, 0.25) is 0 Å². The van der Waals surface area contributed by atoms with E-state index >= 15 is 0 Å². The minimum atomic E-state index is -0.222. The van der Waals surface area contributed by atoms with Gasteiger partial charge in [0, 0.05) is 11.1 Å². The molecule has 0 spiro atoms. The molecule has 0 heterocycles. The lowest BCUT2D eigenvalue weighted by molar-refractivity contribution is 0.275. The van der Waals surface area contributed by atoms with Crippen LogP contribution in [0, 0.1) is 11.8 Å². The Morgan fingerprint density at radius 2 is 2.00 bits per heavy atom. The van der Waals surface area contributed by atoms with Crippen LogP contribution < -0.4 is 0 Å². The first-order valence-electron chi connectivity index (χ1n) is 3.80. The van der Waals surface area contributed by atoms with Crippen LogP contribution in [0.25, 0.3) is 0 Å². The zero-order valence-electron chi connectivity index (χ0n) is 6.99. The molecule has 0 amide bonds. The number of hydrogen-bond acceptors (Lipinski definition) is 3. The molecule has 0 aliphatic heterocycles. The molecule has 13 heavy (non-hydrogen) atoms. The summed E-state index contributed by atoms with van der Waals surface area (Å²) in [6, 6.07) is 4.67. The molecule has 68 valence electrons. The molecule has 0 unspecified atom stereocenters. The van der Waals surface area contributed by atoms with Crippen LogP contribution >= 0.6 is 0 Å². The molecule has 0 saturated heterocycles. The average Bonchev–Trinajstić information content (AvgIpc) is 2.16. The van der Waals surface area contributed by atoms with Crippen LogP contribution in [0.5, 0.6) is 5.75 Å². The van der Waals surface area contributed by atoms with Crippen LogP contribution in [0.1, 0.15) is 11.1 Å². The van der Waals surface area contributed by atoms with Gasteiger partial charge in [0.05, 0.1) is 6.61 Å². The number of aliphatic hydroxyl groups excluding tert-OH is 2. The SMILES string of the molecule is OCC#Cc1ccc(O)c(CO)c1. The van der Waals surface area contributed by atoms with Crippen molar-refractivity contribution in [3.05, 3.63) is 29.3 Å². The fourth-order valence-electron chi connectivity index (χ4n) is 0.931. The molecule has 1 rings (SSSR count). The second-order valence-corrected chi connectivity index (χ2v) is 2.46. The van der Waals surface area contributed by atoms with Gasteiger partial charge in [0.1, 0.15) is 12.4 Å². The highest BCUT2D eigenvalue weighted by Crippen LogP contribution is 2.17. The smallest absolute Gasteiger partial charge is 0.121 e. The van der Waals surface area contributed by atoms with Crippen LogP contribution in [0.15, 0.2) is 18.2 Å². The van der Waals surface area contributed by atoms with Crippen molar-refractivity contribution in [3.8, 4) is 17.6 Å². The van der Waals surface area contributed by atoms with Gasteiger partial charge in [-0.1, -0.05) is 11.8 Å². The largest absolute Gasteiger partial charge is 0.508 e. The number of aromatic hydroxyl groups is 1. The van der Waals surface area contributed by atoms with Gasteiger partial charge in [0.2, 0.25) is 0 Å².